The van der Waals surface area contributed by atoms with Crippen LogP contribution in [-0.4, -0.2) is 39.9 Å². The van der Waals surface area contributed by atoms with Crippen LogP contribution in [0.4, 0.5) is 0 Å². The predicted octanol–water partition coefficient (Wildman–Crippen LogP) is 1.44. The van der Waals surface area contributed by atoms with Gasteiger partial charge in [0.15, 0.2) is 5.96 Å². The first-order valence-electron chi connectivity index (χ1n) is 7.50. The van der Waals surface area contributed by atoms with Gasteiger partial charge in [-0.1, -0.05) is 20.8 Å². The second kappa shape index (κ2) is 8.55. The van der Waals surface area contributed by atoms with Crippen molar-refractivity contribution in [3.8, 4) is 0 Å². The molecule has 114 valence electrons. The van der Waals surface area contributed by atoms with Gasteiger partial charge in [-0.2, -0.15) is 0 Å². The molecule has 1 heterocycles. The van der Waals surface area contributed by atoms with E-state index in [9.17, 15) is 0 Å². The van der Waals surface area contributed by atoms with Crippen molar-refractivity contribution < 1.29 is 0 Å². The number of aryl methyl sites for hydroxylation is 1. The largest absolute Gasteiger partial charge is 0.357 e. The second-order valence-corrected chi connectivity index (χ2v) is 5.23. The highest BCUT2D eigenvalue weighted by Gasteiger charge is 2.08. The maximum Gasteiger partial charge on any atom is 0.191 e. The fraction of sp³-hybridized carbons (Fsp3) is 0.786. The van der Waals surface area contributed by atoms with Gasteiger partial charge in [0.2, 0.25) is 0 Å². The molecule has 2 N–H and O–H groups in total. The van der Waals surface area contributed by atoms with E-state index >= 15 is 0 Å². The molecule has 1 rings (SSSR count). The molecule has 1 aromatic heterocycles. The smallest absolute Gasteiger partial charge is 0.191 e. The lowest BCUT2D eigenvalue weighted by atomic mass is 10.1. The molecule has 1 aromatic rings. The molecule has 0 saturated carbocycles. The Balaban J connectivity index is 2.54. The van der Waals surface area contributed by atoms with Gasteiger partial charge < -0.3 is 15.2 Å². The molecule has 0 aliphatic rings. The molecule has 0 aromatic carbocycles. The third-order valence-corrected chi connectivity index (χ3v) is 3.33. The van der Waals surface area contributed by atoms with Crippen LogP contribution in [0.15, 0.2) is 11.3 Å². The second-order valence-electron chi connectivity index (χ2n) is 5.23. The van der Waals surface area contributed by atoms with E-state index in [0.717, 1.165) is 31.3 Å². The number of nitrogens with one attached hydrogen (secondary N) is 2. The number of aliphatic imine (C=N–C) groups is 1. The Hall–Kier alpha value is -1.59. The van der Waals surface area contributed by atoms with Gasteiger partial charge in [-0.15, -0.1) is 10.2 Å². The molecule has 0 amide bonds. The lowest BCUT2D eigenvalue weighted by molar-refractivity contribution is 0.480. The van der Waals surface area contributed by atoms with E-state index in [1.54, 1.807) is 6.33 Å². The molecule has 20 heavy (non-hydrogen) atoms. The Kier molecular flexibility index (Phi) is 7.04. The van der Waals surface area contributed by atoms with Crippen molar-refractivity contribution in [1.29, 1.82) is 0 Å². The molecule has 0 aliphatic heterocycles. The molecular formula is C14H28N6. The molecule has 0 fully saturated rings. The van der Waals surface area contributed by atoms with E-state index in [1.165, 1.54) is 0 Å². The average molecular weight is 280 g/mol. The summed E-state index contributed by atoms with van der Waals surface area (Å²) in [4.78, 5) is 4.60. The van der Waals surface area contributed by atoms with E-state index in [4.69, 9.17) is 0 Å². The normalized spacial score (nSPS) is 13.6. The van der Waals surface area contributed by atoms with Crippen LogP contribution in [0.1, 0.15) is 40.4 Å². The Morgan fingerprint density at radius 1 is 1.35 bits per heavy atom. The number of rotatable bonds is 7. The molecule has 6 heteroatoms. The van der Waals surface area contributed by atoms with Crippen LogP contribution in [0.25, 0.3) is 0 Å². The van der Waals surface area contributed by atoms with Crippen molar-refractivity contribution in [3.63, 3.8) is 0 Å². The maximum absolute atomic E-state index is 4.60. The van der Waals surface area contributed by atoms with E-state index < -0.39 is 0 Å². The fourth-order valence-corrected chi connectivity index (χ4v) is 1.71. The quantitative estimate of drug-likeness (QED) is 0.586. The first-order chi connectivity index (χ1) is 9.58. The third kappa shape index (κ3) is 5.19. The van der Waals surface area contributed by atoms with E-state index in [0.29, 0.717) is 18.5 Å². The molecule has 0 radical (unpaired) electrons. The van der Waals surface area contributed by atoms with Gasteiger partial charge >= 0.3 is 0 Å². The van der Waals surface area contributed by atoms with E-state index in [2.05, 4.69) is 65.0 Å². The van der Waals surface area contributed by atoms with Gasteiger partial charge in [0.25, 0.3) is 0 Å². The van der Waals surface area contributed by atoms with E-state index in [1.807, 2.05) is 0 Å². The van der Waals surface area contributed by atoms with Gasteiger partial charge in [0, 0.05) is 25.6 Å². The van der Waals surface area contributed by atoms with Crippen LogP contribution < -0.4 is 10.6 Å². The highest BCUT2D eigenvalue weighted by Crippen LogP contribution is 1.99. The molecule has 1 atom stereocenters. The summed E-state index contributed by atoms with van der Waals surface area (Å²) < 4.78 is 2.05. The summed E-state index contributed by atoms with van der Waals surface area (Å²) in [5, 5.41) is 14.7. The summed E-state index contributed by atoms with van der Waals surface area (Å²) in [7, 11) is 0. The number of nitrogens with zero attached hydrogens (tertiary/aromatic N) is 4. The Labute approximate surface area is 122 Å². The maximum atomic E-state index is 4.60. The van der Waals surface area contributed by atoms with Crippen molar-refractivity contribution >= 4 is 5.96 Å². The van der Waals surface area contributed by atoms with Crippen LogP contribution in [0.5, 0.6) is 0 Å². The van der Waals surface area contributed by atoms with Gasteiger partial charge in [-0.25, -0.2) is 0 Å². The first-order valence-corrected chi connectivity index (χ1v) is 7.50. The zero-order valence-corrected chi connectivity index (χ0v) is 13.3. The highest BCUT2D eigenvalue weighted by atomic mass is 15.3. The minimum absolute atomic E-state index is 0.397. The summed E-state index contributed by atoms with van der Waals surface area (Å²) >= 11 is 0. The van der Waals surface area contributed by atoms with Gasteiger partial charge in [0.05, 0.1) is 6.54 Å². The summed E-state index contributed by atoms with van der Waals surface area (Å²) in [5.41, 5.74) is 0. The lowest BCUT2D eigenvalue weighted by Crippen LogP contribution is -2.44. The van der Waals surface area contributed by atoms with E-state index in [-0.39, 0.29) is 0 Å². The molecule has 0 spiro atoms. The Morgan fingerprint density at radius 3 is 2.70 bits per heavy atom. The van der Waals surface area contributed by atoms with Crippen molar-refractivity contribution in [3.05, 3.63) is 12.2 Å². The molecule has 0 aliphatic carbocycles. The molecule has 0 saturated heterocycles. The van der Waals surface area contributed by atoms with Crippen LogP contribution in [0.3, 0.4) is 0 Å². The van der Waals surface area contributed by atoms with Crippen LogP contribution in [0, 0.1) is 5.92 Å². The summed E-state index contributed by atoms with van der Waals surface area (Å²) in [6.07, 6.45) is 2.66. The predicted molar refractivity (Wildman–Crippen MR) is 82.8 cm³/mol. The topological polar surface area (TPSA) is 67.1 Å². The summed E-state index contributed by atoms with van der Waals surface area (Å²) in [6.45, 7) is 13.1. The van der Waals surface area contributed by atoms with Gasteiger partial charge in [-0.05, 0) is 19.8 Å². The van der Waals surface area contributed by atoms with Gasteiger partial charge in [-0.3, -0.25) is 4.99 Å². The van der Waals surface area contributed by atoms with Crippen LogP contribution in [-0.2, 0) is 13.0 Å². The molecular weight excluding hydrogens is 252 g/mol. The molecule has 1 unspecified atom stereocenters. The van der Waals surface area contributed by atoms with Crippen LogP contribution in [0.2, 0.25) is 0 Å². The zero-order chi connectivity index (χ0) is 15.0. The van der Waals surface area contributed by atoms with Crippen molar-refractivity contribution in [2.45, 2.75) is 53.6 Å². The van der Waals surface area contributed by atoms with Crippen molar-refractivity contribution in [2.24, 2.45) is 10.9 Å². The summed E-state index contributed by atoms with van der Waals surface area (Å²) in [6, 6.07) is 0.397. The number of hydrogen-bond acceptors (Lipinski definition) is 3. The number of hydrogen-bond donors (Lipinski definition) is 2. The molecule has 0 bridgehead atoms. The Bertz CT molecular complexity index is 410. The third-order valence-electron chi connectivity index (χ3n) is 3.33. The van der Waals surface area contributed by atoms with Crippen molar-refractivity contribution in [1.82, 2.24) is 25.4 Å². The minimum Gasteiger partial charge on any atom is -0.357 e. The Morgan fingerprint density at radius 2 is 2.10 bits per heavy atom. The first kappa shape index (κ1) is 16.5. The van der Waals surface area contributed by atoms with Crippen molar-refractivity contribution in [2.75, 3.05) is 13.1 Å². The van der Waals surface area contributed by atoms with Gasteiger partial charge in [0.1, 0.15) is 12.2 Å². The standard InChI is InChI=1S/C14H28N6/c1-6-13-19-17-10-20(13)9-8-16-14(15-7-2)18-12(5)11(3)4/h10-12H,6-9H2,1-5H3,(H2,15,16,18). The zero-order valence-electron chi connectivity index (χ0n) is 13.3. The average Bonchev–Trinajstić information content (AvgIpc) is 2.86. The number of aromatic nitrogens is 3. The monoisotopic (exact) mass is 280 g/mol. The molecule has 6 nitrogen and oxygen atoms in total. The number of guanidine groups is 1. The summed E-state index contributed by atoms with van der Waals surface area (Å²) in [5.74, 6) is 2.46. The highest BCUT2D eigenvalue weighted by molar-refractivity contribution is 5.80. The van der Waals surface area contributed by atoms with Crippen LogP contribution >= 0.6 is 0 Å². The minimum atomic E-state index is 0.397. The lowest BCUT2D eigenvalue weighted by Gasteiger charge is -2.20. The fourth-order valence-electron chi connectivity index (χ4n) is 1.71. The SMILES string of the molecule is CCNC(=NCCn1cnnc1CC)NC(C)C(C)C.